The Hall–Kier alpha value is -3.98. The van der Waals surface area contributed by atoms with Gasteiger partial charge in [0, 0.05) is 5.56 Å². The van der Waals surface area contributed by atoms with Gasteiger partial charge in [-0.15, -0.1) is 0 Å². The molecule has 0 spiro atoms. The highest BCUT2D eigenvalue weighted by Crippen LogP contribution is 2.24. The molecule has 0 saturated carbocycles. The SMILES string of the molecule is NC(=O)COc1ccc(/C(N)=N/OC(=O)c2ccc(COc3ccccc3Cl)o2)cc1. The van der Waals surface area contributed by atoms with E-state index in [0.29, 0.717) is 27.8 Å². The van der Waals surface area contributed by atoms with Gasteiger partial charge in [0.15, 0.2) is 12.4 Å². The second-order valence-electron chi connectivity index (χ2n) is 6.12. The first-order chi connectivity index (χ1) is 14.9. The minimum Gasteiger partial charge on any atom is -0.484 e. The molecule has 1 heterocycles. The molecule has 9 nitrogen and oxygen atoms in total. The molecule has 0 radical (unpaired) electrons. The van der Waals surface area contributed by atoms with E-state index in [9.17, 15) is 9.59 Å². The first-order valence-electron chi connectivity index (χ1n) is 8.95. The number of nitrogens with zero attached hydrogens (tertiary/aromatic N) is 1. The number of primary amides is 1. The quantitative estimate of drug-likeness (QED) is 0.224. The first-order valence-corrected chi connectivity index (χ1v) is 9.32. The molecule has 0 bridgehead atoms. The zero-order chi connectivity index (χ0) is 22.2. The van der Waals surface area contributed by atoms with Crippen molar-refractivity contribution in [2.75, 3.05) is 6.61 Å². The molecule has 0 fully saturated rings. The van der Waals surface area contributed by atoms with Crippen LogP contribution >= 0.6 is 11.6 Å². The maximum atomic E-state index is 12.1. The van der Waals surface area contributed by atoms with Crippen LogP contribution in [-0.2, 0) is 16.2 Å². The highest BCUT2D eigenvalue weighted by atomic mass is 35.5. The van der Waals surface area contributed by atoms with E-state index in [-0.39, 0.29) is 24.8 Å². The summed E-state index contributed by atoms with van der Waals surface area (Å²) in [5, 5.41) is 4.07. The van der Waals surface area contributed by atoms with Crippen LogP contribution in [0.1, 0.15) is 21.9 Å². The molecule has 0 atom stereocenters. The van der Waals surface area contributed by atoms with Crippen molar-refractivity contribution in [3.05, 3.63) is 82.8 Å². The van der Waals surface area contributed by atoms with Gasteiger partial charge in [0.2, 0.25) is 5.76 Å². The van der Waals surface area contributed by atoms with E-state index >= 15 is 0 Å². The van der Waals surface area contributed by atoms with Gasteiger partial charge in [-0.3, -0.25) is 4.79 Å². The fraction of sp³-hybridized carbons (Fsp3) is 0.0952. The van der Waals surface area contributed by atoms with Crippen molar-refractivity contribution in [2.45, 2.75) is 6.61 Å². The summed E-state index contributed by atoms with van der Waals surface area (Å²) in [5.41, 5.74) is 11.3. The molecule has 1 amide bonds. The largest absolute Gasteiger partial charge is 0.484 e. The van der Waals surface area contributed by atoms with Gasteiger partial charge in [-0.2, -0.15) is 0 Å². The van der Waals surface area contributed by atoms with Crippen LogP contribution in [0.5, 0.6) is 11.5 Å². The van der Waals surface area contributed by atoms with Crippen LogP contribution in [-0.4, -0.2) is 24.3 Å². The first kappa shape index (κ1) is 21.7. The predicted molar refractivity (Wildman–Crippen MR) is 112 cm³/mol. The molecule has 2 aromatic carbocycles. The molecule has 0 aliphatic heterocycles. The number of para-hydroxylation sites is 1. The Labute approximate surface area is 182 Å². The average molecular weight is 444 g/mol. The molecule has 0 aliphatic carbocycles. The monoisotopic (exact) mass is 443 g/mol. The van der Waals surface area contributed by atoms with Crippen molar-refractivity contribution in [3.63, 3.8) is 0 Å². The molecule has 10 heteroatoms. The fourth-order valence-corrected chi connectivity index (χ4v) is 2.53. The van der Waals surface area contributed by atoms with Gasteiger partial charge in [0.25, 0.3) is 5.91 Å². The molecule has 1 aromatic heterocycles. The van der Waals surface area contributed by atoms with E-state index in [0.717, 1.165) is 0 Å². The van der Waals surface area contributed by atoms with Crippen LogP contribution in [0.4, 0.5) is 0 Å². The van der Waals surface area contributed by atoms with Crippen LogP contribution in [0.3, 0.4) is 0 Å². The summed E-state index contributed by atoms with van der Waals surface area (Å²) in [7, 11) is 0. The highest BCUT2D eigenvalue weighted by Gasteiger charge is 2.14. The van der Waals surface area contributed by atoms with Crippen molar-refractivity contribution < 1.29 is 28.3 Å². The third kappa shape index (κ3) is 6.25. The number of hydrogen-bond donors (Lipinski definition) is 2. The summed E-state index contributed by atoms with van der Waals surface area (Å²) in [5.74, 6) is -0.201. The van der Waals surface area contributed by atoms with Crippen molar-refractivity contribution in [1.82, 2.24) is 0 Å². The molecule has 0 aliphatic rings. The Morgan fingerprint density at radius 2 is 1.71 bits per heavy atom. The normalized spacial score (nSPS) is 11.1. The number of ether oxygens (including phenoxy) is 2. The zero-order valence-corrected chi connectivity index (χ0v) is 16.9. The summed E-state index contributed by atoms with van der Waals surface area (Å²) in [6.45, 7) is -0.165. The number of benzene rings is 2. The van der Waals surface area contributed by atoms with E-state index in [2.05, 4.69) is 5.16 Å². The number of hydrogen-bond acceptors (Lipinski definition) is 7. The van der Waals surface area contributed by atoms with Gasteiger partial charge in [-0.05, 0) is 48.5 Å². The summed E-state index contributed by atoms with van der Waals surface area (Å²) in [6.07, 6.45) is 0. The molecule has 0 unspecified atom stereocenters. The molecular formula is C21H18ClN3O6. The number of amidine groups is 1. The van der Waals surface area contributed by atoms with E-state index in [1.54, 1.807) is 54.6 Å². The van der Waals surface area contributed by atoms with E-state index in [1.807, 2.05) is 0 Å². The number of oxime groups is 1. The predicted octanol–water partition coefficient (Wildman–Crippen LogP) is 2.85. The number of carbonyl (C=O) groups is 2. The van der Waals surface area contributed by atoms with Gasteiger partial charge < -0.3 is 30.2 Å². The van der Waals surface area contributed by atoms with Crippen LogP contribution in [0.25, 0.3) is 0 Å². The third-order valence-corrected chi connectivity index (χ3v) is 4.14. The number of halogens is 1. The lowest BCUT2D eigenvalue weighted by molar-refractivity contribution is -0.119. The molecular weight excluding hydrogens is 426 g/mol. The Balaban J connectivity index is 1.54. The topological polar surface area (TPSA) is 139 Å². The number of amides is 1. The lowest BCUT2D eigenvalue weighted by Crippen LogP contribution is -2.20. The fourth-order valence-electron chi connectivity index (χ4n) is 2.34. The van der Waals surface area contributed by atoms with Crippen LogP contribution in [0, 0.1) is 0 Å². The van der Waals surface area contributed by atoms with Crippen molar-refractivity contribution >= 4 is 29.3 Å². The summed E-state index contributed by atoms with van der Waals surface area (Å²) in [6, 6.07) is 16.3. The van der Waals surface area contributed by atoms with Crippen molar-refractivity contribution in [3.8, 4) is 11.5 Å². The molecule has 3 rings (SSSR count). The van der Waals surface area contributed by atoms with E-state index < -0.39 is 11.9 Å². The zero-order valence-electron chi connectivity index (χ0n) is 16.1. The lowest BCUT2D eigenvalue weighted by Gasteiger charge is -2.05. The summed E-state index contributed by atoms with van der Waals surface area (Å²) in [4.78, 5) is 27.7. The number of furan rings is 1. The number of carbonyl (C=O) groups excluding carboxylic acids is 2. The van der Waals surface area contributed by atoms with Crippen LogP contribution in [0.15, 0.2) is 70.2 Å². The standard InChI is InChI=1S/C21H18ClN3O6/c22-16-3-1-2-4-17(16)29-11-15-9-10-18(30-15)21(27)31-25-20(24)13-5-7-14(8-6-13)28-12-19(23)26/h1-10H,11-12H2,(H2,23,26)(H2,24,25). The molecule has 3 aromatic rings. The summed E-state index contributed by atoms with van der Waals surface area (Å²) < 4.78 is 16.1. The second kappa shape index (κ2) is 10.2. The van der Waals surface area contributed by atoms with E-state index in [1.165, 1.54) is 6.07 Å². The molecule has 160 valence electrons. The highest BCUT2D eigenvalue weighted by molar-refractivity contribution is 6.32. The molecule has 0 saturated heterocycles. The van der Waals surface area contributed by atoms with Gasteiger partial charge in [-0.1, -0.05) is 28.9 Å². The lowest BCUT2D eigenvalue weighted by atomic mass is 10.2. The maximum absolute atomic E-state index is 12.1. The van der Waals surface area contributed by atoms with Crippen LogP contribution in [0.2, 0.25) is 5.02 Å². The van der Waals surface area contributed by atoms with E-state index in [4.69, 9.17) is 41.8 Å². The maximum Gasteiger partial charge on any atom is 0.400 e. The molecule has 4 N–H and O–H groups in total. The van der Waals surface area contributed by atoms with Gasteiger partial charge in [0.05, 0.1) is 5.02 Å². The summed E-state index contributed by atoms with van der Waals surface area (Å²) >= 11 is 6.02. The van der Waals surface area contributed by atoms with Gasteiger partial charge in [0.1, 0.15) is 23.9 Å². The average Bonchev–Trinajstić information content (AvgIpc) is 3.25. The minimum absolute atomic E-state index is 0.0383. The van der Waals surface area contributed by atoms with Crippen molar-refractivity contribution in [2.24, 2.45) is 16.6 Å². The van der Waals surface area contributed by atoms with Crippen LogP contribution < -0.4 is 20.9 Å². The third-order valence-electron chi connectivity index (χ3n) is 3.83. The van der Waals surface area contributed by atoms with Gasteiger partial charge >= 0.3 is 5.97 Å². The Morgan fingerprint density at radius 1 is 0.968 bits per heavy atom. The molecule has 31 heavy (non-hydrogen) atoms. The number of rotatable bonds is 9. The number of nitrogens with two attached hydrogens (primary N) is 2. The minimum atomic E-state index is -0.826. The Kier molecular flexibility index (Phi) is 7.13. The van der Waals surface area contributed by atoms with Gasteiger partial charge in [-0.25, -0.2) is 4.79 Å². The smallest absolute Gasteiger partial charge is 0.400 e. The second-order valence-corrected chi connectivity index (χ2v) is 6.53. The van der Waals surface area contributed by atoms with Crippen molar-refractivity contribution in [1.29, 1.82) is 0 Å². The Morgan fingerprint density at radius 3 is 2.42 bits per heavy atom. The Bertz CT molecular complexity index is 1090.